The SMILES string of the molecule is CN1C(=O)CCC(NCc2ccc([N+](=O)[O-])cc2Br)C1=O. The quantitative estimate of drug-likeness (QED) is 0.503. The molecule has 1 atom stereocenters. The van der Waals surface area contributed by atoms with Crippen LogP contribution in [-0.4, -0.2) is 34.7 Å². The fraction of sp³-hybridized carbons (Fsp3) is 0.385. The maximum atomic E-state index is 11.9. The number of piperidine rings is 1. The fourth-order valence-electron chi connectivity index (χ4n) is 2.13. The van der Waals surface area contributed by atoms with Gasteiger partial charge in [-0.2, -0.15) is 0 Å². The number of halogens is 1. The van der Waals surface area contributed by atoms with Crippen molar-refractivity contribution in [2.24, 2.45) is 0 Å². The minimum absolute atomic E-state index is 0.00435. The third-order valence-corrected chi connectivity index (χ3v) is 4.17. The molecule has 0 bridgehead atoms. The number of amides is 2. The number of nitro benzene ring substituents is 1. The van der Waals surface area contributed by atoms with E-state index in [0.29, 0.717) is 23.9 Å². The van der Waals surface area contributed by atoms with E-state index in [9.17, 15) is 19.7 Å². The Kier molecular flexibility index (Phi) is 4.69. The van der Waals surface area contributed by atoms with Crippen LogP contribution in [0.3, 0.4) is 0 Å². The largest absolute Gasteiger partial charge is 0.302 e. The highest BCUT2D eigenvalue weighted by atomic mass is 79.9. The summed E-state index contributed by atoms with van der Waals surface area (Å²) in [5.41, 5.74) is 0.817. The second kappa shape index (κ2) is 6.31. The van der Waals surface area contributed by atoms with Crippen molar-refractivity contribution in [1.29, 1.82) is 0 Å². The summed E-state index contributed by atoms with van der Waals surface area (Å²) in [4.78, 5) is 34.6. The number of likely N-dealkylation sites (tertiary alicyclic amines) is 1. The molecule has 0 aromatic heterocycles. The van der Waals surface area contributed by atoms with Gasteiger partial charge in [0.05, 0.1) is 11.0 Å². The summed E-state index contributed by atoms with van der Waals surface area (Å²) in [5.74, 6) is -0.418. The van der Waals surface area contributed by atoms with E-state index in [2.05, 4.69) is 21.2 Å². The molecule has 1 aromatic rings. The number of carbonyl (C=O) groups excluding carboxylic acids is 2. The standard InChI is InChI=1S/C13H14BrN3O4/c1-16-12(18)5-4-11(13(16)19)15-7-8-2-3-9(17(20)21)6-10(8)14/h2-3,6,11,15H,4-5,7H2,1H3. The number of nitrogens with one attached hydrogen (secondary N) is 1. The zero-order valence-corrected chi connectivity index (χ0v) is 12.9. The maximum Gasteiger partial charge on any atom is 0.270 e. The highest BCUT2D eigenvalue weighted by Gasteiger charge is 2.31. The van der Waals surface area contributed by atoms with Crippen LogP contribution in [0.5, 0.6) is 0 Å². The van der Waals surface area contributed by atoms with Crippen LogP contribution in [0.1, 0.15) is 18.4 Å². The molecule has 1 fully saturated rings. The number of benzene rings is 1. The molecule has 1 heterocycles. The monoisotopic (exact) mass is 355 g/mol. The number of nitrogens with zero attached hydrogens (tertiary/aromatic N) is 2. The molecule has 1 saturated heterocycles. The van der Waals surface area contributed by atoms with E-state index in [4.69, 9.17) is 0 Å². The lowest BCUT2D eigenvalue weighted by Gasteiger charge is -2.28. The molecule has 112 valence electrons. The smallest absolute Gasteiger partial charge is 0.270 e. The van der Waals surface area contributed by atoms with Gasteiger partial charge in [0.15, 0.2) is 0 Å². The summed E-state index contributed by atoms with van der Waals surface area (Å²) < 4.78 is 0.608. The highest BCUT2D eigenvalue weighted by molar-refractivity contribution is 9.10. The zero-order valence-electron chi connectivity index (χ0n) is 11.3. The Labute approximate surface area is 129 Å². The number of imide groups is 1. The third-order valence-electron chi connectivity index (χ3n) is 3.44. The molecule has 1 aliphatic heterocycles. The Morgan fingerprint density at radius 3 is 2.81 bits per heavy atom. The number of hydrogen-bond donors (Lipinski definition) is 1. The van der Waals surface area contributed by atoms with Gasteiger partial charge in [0.25, 0.3) is 5.69 Å². The zero-order chi connectivity index (χ0) is 15.6. The minimum atomic E-state index is -0.465. The van der Waals surface area contributed by atoms with Crippen LogP contribution in [0.25, 0.3) is 0 Å². The number of likely N-dealkylation sites (N-methyl/N-ethyl adjacent to an activating group) is 1. The molecule has 0 aliphatic carbocycles. The first-order valence-electron chi connectivity index (χ1n) is 6.36. The molecule has 1 unspecified atom stereocenters. The number of carbonyl (C=O) groups is 2. The van der Waals surface area contributed by atoms with Crippen molar-refractivity contribution in [3.05, 3.63) is 38.3 Å². The summed E-state index contributed by atoms with van der Waals surface area (Å²) >= 11 is 3.28. The van der Waals surface area contributed by atoms with Crippen LogP contribution in [0.2, 0.25) is 0 Å². The predicted octanol–water partition coefficient (Wildman–Crippen LogP) is 1.59. The molecular weight excluding hydrogens is 342 g/mol. The van der Waals surface area contributed by atoms with Crippen LogP contribution < -0.4 is 5.32 Å². The van der Waals surface area contributed by atoms with Gasteiger partial charge in [-0.25, -0.2) is 0 Å². The summed E-state index contributed by atoms with van der Waals surface area (Å²) in [7, 11) is 1.47. The topological polar surface area (TPSA) is 92.6 Å². The van der Waals surface area contributed by atoms with Gasteiger partial charge < -0.3 is 5.32 Å². The van der Waals surface area contributed by atoms with Crippen LogP contribution in [-0.2, 0) is 16.1 Å². The van der Waals surface area contributed by atoms with E-state index in [0.717, 1.165) is 10.5 Å². The summed E-state index contributed by atoms with van der Waals surface area (Å²) in [6.45, 7) is 0.386. The van der Waals surface area contributed by atoms with E-state index in [-0.39, 0.29) is 17.5 Å². The van der Waals surface area contributed by atoms with Crippen molar-refractivity contribution in [1.82, 2.24) is 10.2 Å². The minimum Gasteiger partial charge on any atom is -0.302 e. The average molecular weight is 356 g/mol. The van der Waals surface area contributed by atoms with Gasteiger partial charge in [0.2, 0.25) is 11.8 Å². The van der Waals surface area contributed by atoms with Crippen molar-refractivity contribution in [2.75, 3.05) is 7.05 Å². The van der Waals surface area contributed by atoms with Gasteiger partial charge in [-0.05, 0) is 18.1 Å². The Morgan fingerprint density at radius 1 is 1.48 bits per heavy atom. The highest BCUT2D eigenvalue weighted by Crippen LogP contribution is 2.23. The number of nitro groups is 1. The van der Waals surface area contributed by atoms with E-state index >= 15 is 0 Å². The number of hydrogen-bond acceptors (Lipinski definition) is 5. The number of non-ortho nitro benzene ring substituents is 1. The lowest BCUT2D eigenvalue weighted by molar-refractivity contribution is -0.384. The maximum absolute atomic E-state index is 11.9. The predicted molar refractivity (Wildman–Crippen MR) is 78.4 cm³/mol. The summed E-state index contributed by atoms with van der Waals surface area (Å²) in [6, 6.07) is 4.07. The Morgan fingerprint density at radius 2 is 2.19 bits per heavy atom. The van der Waals surface area contributed by atoms with E-state index in [1.54, 1.807) is 6.07 Å². The second-order valence-electron chi connectivity index (χ2n) is 4.80. The summed E-state index contributed by atoms with van der Waals surface area (Å²) in [5, 5.41) is 13.8. The Hall–Kier alpha value is -1.80. The Balaban J connectivity index is 2.02. The fourth-order valence-corrected chi connectivity index (χ4v) is 2.64. The van der Waals surface area contributed by atoms with Crippen LogP contribution in [0.15, 0.2) is 22.7 Å². The molecule has 2 amide bonds. The van der Waals surface area contributed by atoms with Crippen molar-refractivity contribution in [2.45, 2.75) is 25.4 Å². The first-order chi connectivity index (χ1) is 9.90. The summed E-state index contributed by atoms with van der Waals surface area (Å²) in [6.07, 6.45) is 0.800. The molecule has 2 rings (SSSR count). The first kappa shape index (κ1) is 15.6. The van der Waals surface area contributed by atoms with Gasteiger partial charge in [0, 0.05) is 36.6 Å². The molecule has 8 heteroatoms. The molecule has 1 aliphatic rings. The third kappa shape index (κ3) is 3.45. The molecule has 0 saturated carbocycles. The van der Waals surface area contributed by atoms with Crippen molar-refractivity contribution in [3.63, 3.8) is 0 Å². The molecular formula is C13H14BrN3O4. The molecule has 7 nitrogen and oxygen atoms in total. The lowest BCUT2D eigenvalue weighted by atomic mass is 10.0. The van der Waals surface area contributed by atoms with Gasteiger partial charge in [-0.1, -0.05) is 15.9 Å². The normalized spacial score (nSPS) is 19.0. The van der Waals surface area contributed by atoms with Crippen molar-refractivity contribution < 1.29 is 14.5 Å². The first-order valence-corrected chi connectivity index (χ1v) is 7.16. The van der Waals surface area contributed by atoms with Gasteiger partial charge in [-0.3, -0.25) is 24.6 Å². The lowest BCUT2D eigenvalue weighted by Crippen LogP contribution is -2.51. The molecule has 1 N–H and O–H groups in total. The molecule has 0 radical (unpaired) electrons. The van der Waals surface area contributed by atoms with Crippen LogP contribution >= 0.6 is 15.9 Å². The van der Waals surface area contributed by atoms with Crippen LogP contribution in [0.4, 0.5) is 5.69 Å². The number of rotatable bonds is 4. The molecule has 1 aromatic carbocycles. The van der Waals surface area contributed by atoms with E-state index in [1.807, 2.05) is 0 Å². The van der Waals surface area contributed by atoms with Crippen molar-refractivity contribution in [3.8, 4) is 0 Å². The Bertz CT molecular complexity index is 605. The van der Waals surface area contributed by atoms with E-state index in [1.165, 1.54) is 19.2 Å². The van der Waals surface area contributed by atoms with Gasteiger partial charge >= 0.3 is 0 Å². The van der Waals surface area contributed by atoms with Gasteiger partial charge in [-0.15, -0.1) is 0 Å². The average Bonchev–Trinajstić information content (AvgIpc) is 2.45. The van der Waals surface area contributed by atoms with E-state index < -0.39 is 11.0 Å². The van der Waals surface area contributed by atoms with Crippen molar-refractivity contribution >= 4 is 33.4 Å². The van der Waals surface area contributed by atoms with Crippen LogP contribution in [0, 0.1) is 10.1 Å². The molecule has 21 heavy (non-hydrogen) atoms. The van der Waals surface area contributed by atoms with Gasteiger partial charge in [0.1, 0.15) is 0 Å². The molecule has 0 spiro atoms. The second-order valence-corrected chi connectivity index (χ2v) is 5.65.